The second kappa shape index (κ2) is 10.7. The van der Waals surface area contributed by atoms with Crippen molar-refractivity contribution in [2.24, 2.45) is 0 Å². The first-order chi connectivity index (χ1) is 24.3. The fourth-order valence-electron chi connectivity index (χ4n) is 7.59. The molecule has 5 nitrogen and oxygen atoms in total. The summed E-state index contributed by atoms with van der Waals surface area (Å²) in [7, 11) is 0. The van der Waals surface area contributed by atoms with E-state index < -0.39 is 5.41 Å². The Hall–Kier alpha value is -6.59. The van der Waals surface area contributed by atoms with Crippen molar-refractivity contribution in [1.29, 1.82) is 0 Å². The molecule has 0 amide bonds. The van der Waals surface area contributed by atoms with Gasteiger partial charge in [0.05, 0.1) is 11.0 Å². The lowest BCUT2D eigenvalue weighted by Crippen LogP contribution is -2.32. The van der Waals surface area contributed by atoms with Crippen LogP contribution in [0.15, 0.2) is 168 Å². The van der Waals surface area contributed by atoms with Gasteiger partial charge in [0, 0.05) is 22.3 Å². The van der Waals surface area contributed by atoms with E-state index in [4.69, 9.17) is 24.1 Å². The van der Waals surface area contributed by atoms with E-state index in [9.17, 15) is 0 Å². The maximum Gasteiger partial charge on any atom is 0.199 e. The molecule has 0 atom stereocenters. The Balaban J connectivity index is 1.16. The number of benzene rings is 6. The Kier molecular flexibility index (Phi) is 6.02. The van der Waals surface area contributed by atoms with Gasteiger partial charge in [0.1, 0.15) is 17.3 Å². The van der Waals surface area contributed by atoms with Gasteiger partial charge in [0.15, 0.2) is 23.2 Å². The Labute approximate surface area is 283 Å². The first kappa shape index (κ1) is 27.5. The molecule has 0 bridgehead atoms. The molecule has 8 aromatic rings. The van der Waals surface area contributed by atoms with E-state index in [-0.39, 0.29) is 0 Å². The molecule has 2 aliphatic rings. The second-order valence-corrected chi connectivity index (χ2v) is 12.3. The van der Waals surface area contributed by atoms with Crippen LogP contribution in [0.1, 0.15) is 22.3 Å². The van der Waals surface area contributed by atoms with E-state index in [0.717, 1.165) is 39.3 Å². The molecule has 0 unspecified atom stereocenters. The maximum absolute atomic E-state index is 6.85. The molecule has 0 radical (unpaired) electrons. The van der Waals surface area contributed by atoms with Crippen LogP contribution in [0.4, 0.5) is 0 Å². The maximum atomic E-state index is 6.85. The Morgan fingerprint density at radius 1 is 0.367 bits per heavy atom. The lowest BCUT2D eigenvalue weighted by atomic mass is 9.66. The molecule has 230 valence electrons. The van der Waals surface area contributed by atoms with Crippen LogP contribution < -0.4 is 4.74 Å². The van der Waals surface area contributed by atoms with Gasteiger partial charge in [-0.3, -0.25) is 0 Å². The normalized spacial score (nSPS) is 13.2. The summed E-state index contributed by atoms with van der Waals surface area (Å²) in [6.07, 6.45) is 0. The predicted octanol–water partition coefficient (Wildman–Crippen LogP) is 10.6. The van der Waals surface area contributed by atoms with E-state index in [1.165, 1.54) is 22.3 Å². The highest BCUT2D eigenvalue weighted by Gasteiger charge is 2.51. The zero-order valence-electron chi connectivity index (χ0n) is 26.2. The summed E-state index contributed by atoms with van der Waals surface area (Å²) in [5.74, 6) is 4.46. The largest absolute Gasteiger partial charge is 0.456 e. The molecule has 5 heteroatoms. The summed E-state index contributed by atoms with van der Waals surface area (Å²) >= 11 is 0. The van der Waals surface area contributed by atoms with Gasteiger partial charge < -0.3 is 9.15 Å². The minimum Gasteiger partial charge on any atom is -0.456 e. The molecule has 0 fully saturated rings. The number of fused-ring (bicyclic) bond motifs is 9. The molecule has 1 aliphatic heterocycles. The van der Waals surface area contributed by atoms with Crippen molar-refractivity contribution in [1.82, 2.24) is 15.0 Å². The standard InChI is InChI=1S/C44H27N3O2/c1-3-14-28(15-4-1)41-45-42(29-16-5-2-6-17-29)47-43(46-41)39-27-26-37(48-39)32-20-13-24-36-40(32)49-38-25-12-11-23-35(38)44(36)33-21-9-7-18-30(33)31-19-8-10-22-34(31)44/h1-27H. The highest BCUT2D eigenvalue weighted by atomic mass is 16.5. The third-order valence-corrected chi connectivity index (χ3v) is 9.67. The number of furan rings is 1. The number of hydrogen-bond donors (Lipinski definition) is 0. The molecule has 0 saturated carbocycles. The highest BCUT2D eigenvalue weighted by Crippen LogP contribution is 2.63. The van der Waals surface area contributed by atoms with Crippen LogP contribution in [-0.4, -0.2) is 15.0 Å². The minimum atomic E-state index is -0.549. The van der Waals surface area contributed by atoms with Crippen LogP contribution in [0.25, 0.3) is 56.8 Å². The van der Waals surface area contributed by atoms with E-state index in [0.29, 0.717) is 29.0 Å². The van der Waals surface area contributed by atoms with Gasteiger partial charge in [0.2, 0.25) is 0 Å². The molecule has 49 heavy (non-hydrogen) atoms. The fourth-order valence-corrected chi connectivity index (χ4v) is 7.59. The topological polar surface area (TPSA) is 61.0 Å². The average molecular weight is 630 g/mol. The monoisotopic (exact) mass is 629 g/mol. The van der Waals surface area contributed by atoms with E-state index >= 15 is 0 Å². The Morgan fingerprint density at radius 2 is 0.857 bits per heavy atom. The van der Waals surface area contributed by atoms with Crippen molar-refractivity contribution in [3.8, 4) is 68.3 Å². The van der Waals surface area contributed by atoms with Gasteiger partial charge >= 0.3 is 0 Å². The van der Waals surface area contributed by atoms with Crippen molar-refractivity contribution in [2.75, 3.05) is 0 Å². The third-order valence-electron chi connectivity index (χ3n) is 9.67. The summed E-state index contributed by atoms with van der Waals surface area (Å²) in [6.45, 7) is 0. The van der Waals surface area contributed by atoms with Gasteiger partial charge in [-0.05, 0) is 46.5 Å². The molecular weight excluding hydrogens is 603 g/mol. The quantitative estimate of drug-likeness (QED) is 0.194. The lowest BCUT2D eigenvalue weighted by molar-refractivity contribution is 0.436. The number of rotatable bonds is 4. The van der Waals surface area contributed by atoms with Crippen LogP contribution in [0.2, 0.25) is 0 Å². The first-order valence-corrected chi connectivity index (χ1v) is 16.4. The molecule has 0 N–H and O–H groups in total. The summed E-state index contributed by atoms with van der Waals surface area (Å²) in [6, 6.07) is 56.1. The zero-order chi connectivity index (χ0) is 32.4. The zero-order valence-corrected chi connectivity index (χ0v) is 26.2. The van der Waals surface area contributed by atoms with Gasteiger partial charge in [-0.15, -0.1) is 0 Å². The third kappa shape index (κ3) is 4.09. The van der Waals surface area contributed by atoms with Crippen LogP contribution >= 0.6 is 0 Å². The summed E-state index contributed by atoms with van der Waals surface area (Å²) in [5, 5.41) is 0. The summed E-state index contributed by atoms with van der Waals surface area (Å²) in [4.78, 5) is 14.6. The molecular formula is C44H27N3O2. The Morgan fingerprint density at radius 3 is 1.51 bits per heavy atom. The smallest absolute Gasteiger partial charge is 0.199 e. The average Bonchev–Trinajstić information content (AvgIpc) is 3.78. The van der Waals surface area contributed by atoms with Gasteiger partial charge in [-0.25, -0.2) is 15.0 Å². The van der Waals surface area contributed by atoms with Gasteiger partial charge in [-0.2, -0.15) is 0 Å². The van der Waals surface area contributed by atoms with E-state index in [1.54, 1.807) is 0 Å². The van der Waals surface area contributed by atoms with Crippen LogP contribution in [0.3, 0.4) is 0 Å². The number of hydrogen-bond acceptors (Lipinski definition) is 5. The van der Waals surface area contributed by atoms with Crippen molar-refractivity contribution in [2.45, 2.75) is 5.41 Å². The summed E-state index contributed by atoms with van der Waals surface area (Å²) < 4.78 is 13.5. The van der Waals surface area contributed by atoms with Gasteiger partial charge in [0.25, 0.3) is 0 Å². The minimum absolute atomic E-state index is 0.463. The Bertz CT molecular complexity index is 2440. The lowest BCUT2D eigenvalue weighted by Gasteiger charge is -2.39. The highest BCUT2D eigenvalue weighted by molar-refractivity contribution is 5.90. The fraction of sp³-hybridized carbons (Fsp3) is 0.0227. The molecule has 2 aromatic heterocycles. The van der Waals surface area contributed by atoms with E-state index in [1.807, 2.05) is 78.9 Å². The second-order valence-electron chi connectivity index (χ2n) is 12.3. The SMILES string of the molecule is c1ccc(-c2nc(-c3ccccc3)nc(-c3ccc(-c4cccc5c4Oc4ccccc4C54c5ccccc5-c5ccccc54)o3)n2)cc1. The number of aromatic nitrogens is 3. The van der Waals surface area contributed by atoms with Gasteiger partial charge in [-0.1, -0.05) is 140 Å². The predicted molar refractivity (Wildman–Crippen MR) is 191 cm³/mol. The number of nitrogens with zero attached hydrogens (tertiary/aromatic N) is 3. The number of ether oxygens (including phenoxy) is 1. The van der Waals surface area contributed by atoms with Crippen molar-refractivity contribution >= 4 is 0 Å². The molecule has 1 aliphatic carbocycles. The molecule has 10 rings (SSSR count). The van der Waals surface area contributed by atoms with Crippen molar-refractivity contribution in [3.05, 3.63) is 186 Å². The molecule has 0 saturated heterocycles. The number of para-hydroxylation sites is 2. The molecule has 3 heterocycles. The molecule has 1 spiro atoms. The molecule has 6 aromatic carbocycles. The van der Waals surface area contributed by atoms with Crippen LogP contribution in [0.5, 0.6) is 11.5 Å². The van der Waals surface area contributed by atoms with Crippen LogP contribution in [0, 0.1) is 0 Å². The first-order valence-electron chi connectivity index (χ1n) is 16.4. The van der Waals surface area contributed by atoms with Crippen molar-refractivity contribution in [3.63, 3.8) is 0 Å². The van der Waals surface area contributed by atoms with Crippen LogP contribution in [-0.2, 0) is 5.41 Å². The summed E-state index contributed by atoms with van der Waals surface area (Å²) in [5.41, 5.74) is 9.31. The van der Waals surface area contributed by atoms with Crippen molar-refractivity contribution < 1.29 is 9.15 Å². The van der Waals surface area contributed by atoms with E-state index in [2.05, 4.69) is 84.9 Å².